The van der Waals surface area contributed by atoms with Gasteiger partial charge in [0.25, 0.3) is 5.56 Å². The van der Waals surface area contributed by atoms with Crippen LogP contribution in [0.25, 0.3) is 11.3 Å². The molecule has 2 aromatic carbocycles. The van der Waals surface area contributed by atoms with Crippen molar-refractivity contribution >= 4 is 40.7 Å². The molecule has 0 N–H and O–H groups in total. The first-order valence-electron chi connectivity index (χ1n) is 10.7. The van der Waals surface area contributed by atoms with Gasteiger partial charge < -0.3 is 0 Å². The van der Waals surface area contributed by atoms with Crippen LogP contribution in [0.2, 0.25) is 10.0 Å². The molecule has 164 valence electrons. The molecule has 0 atom stereocenters. The molecule has 2 aliphatic rings. The van der Waals surface area contributed by atoms with Crippen molar-refractivity contribution in [2.24, 2.45) is 7.05 Å². The van der Waals surface area contributed by atoms with E-state index in [1.54, 1.807) is 29.8 Å². The van der Waals surface area contributed by atoms with Gasteiger partial charge in [0.2, 0.25) is 0 Å². The molecular formula is C25H22Cl2N2O2S. The maximum absolute atomic E-state index is 13.6. The summed E-state index contributed by atoms with van der Waals surface area (Å²) in [6, 6.07) is 13.1. The second kappa shape index (κ2) is 8.36. The molecular weight excluding hydrogens is 463 g/mol. The number of ketones is 1. The lowest BCUT2D eigenvalue weighted by Crippen LogP contribution is -2.39. The number of fused-ring (bicyclic) bond motifs is 4. The number of carbonyl (C=O) groups excluding carboxylic acids is 1. The summed E-state index contributed by atoms with van der Waals surface area (Å²) in [6.45, 7) is 0. The maximum atomic E-state index is 13.6. The minimum absolute atomic E-state index is 0.0101. The number of nitrogens with zero attached hydrogens (tertiary/aromatic N) is 2. The number of thioether (sulfide) groups is 1. The van der Waals surface area contributed by atoms with Crippen molar-refractivity contribution in [2.45, 2.75) is 42.7 Å². The first kappa shape index (κ1) is 21.7. The van der Waals surface area contributed by atoms with Crippen molar-refractivity contribution in [1.29, 1.82) is 0 Å². The number of hydrogen-bond acceptors (Lipinski definition) is 4. The normalized spacial score (nSPS) is 16.1. The molecule has 1 spiro atoms. The molecule has 1 heterocycles. The van der Waals surface area contributed by atoms with Crippen LogP contribution in [0.15, 0.2) is 52.4 Å². The monoisotopic (exact) mass is 484 g/mol. The Labute approximate surface area is 201 Å². The third-order valence-electron chi connectivity index (χ3n) is 6.72. The predicted molar refractivity (Wildman–Crippen MR) is 130 cm³/mol. The van der Waals surface area contributed by atoms with Crippen LogP contribution in [-0.2, 0) is 18.9 Å². The van der Waals surface area contributed by atoms with Crippen molar-refractivity contribution in [2.75, 3.05) is 5.75 Å². The smallest absolute Gasteiger partial charge is 0.258 e. The summed E-state index contributed by atoms with van der Waals surface area (Å²) in [5, 5.41) is 1.31. The van der Waals surface area contributed by atoms with Crippen LogP contribution in [0.3, 0.4) is 0 Å². The number of benzene rings is 2. The molecule has 0 aliphatic heterocycles. The van der Waals surface area contributed by atoms with Crippen LogP contribution in [-0.4, -0.2) is 21.1 Å². The Bertz CT molecular complexity index is 1300. The summed E-state index contributed by atoms with van der Waals surface area (Å²) >= 11 is 13.3. The lowest BCUT2D eigenvalue weighted by molar-refractivity contribution is 0.102. The molecule has 1 aromatic heterocycles. The Morgan fingerprint density at radius 1 is 1.12 bits per heavy atom. The Balaban J connectivity index is 1.53. The summed E-state index contributed by atoms with van der Waals surface area (Å²) in [6.07, 6.45) is 5.22. The molecule has 0 bridgehead atoms. The van der Waals surface area contributed by atoms with Crippen LogP contribution in [0.1, 0.15) is 47.2 Å². The van der Waals surface area contributed by atoms with Gasteiger partial charge in [0, 0.05) is 23.6 Å². The average molecular weight is 485 g/mol. The van der Waals surface area contributed by atoms with Gasteiger partial charge in [-0.3, -0.25) is 14.2 Å². The van der Waals surface area contributed by atoms with Gasteiger partial charge in [-0.05, 0) is 43.0 Å². The zero-order valence-electron chi connectivity index (χ0n) is 17.7. The standard InChI is InChI=1S/C25H22Cl2N2O2S/c1-29-23(31)21-22(17-7-3-2-6-16(17)13-25(21)10-4-5-11-25)28-24(29)32-14-20(30)15-8-9-18(26)19(27)12-15/h2-3,6-9,12H,4-5,10-11,13-14H2,1H3. The number of Topliss-reactive ketones (excluding diaryl/α,β-unsaturated/α-hetero) is 1. The minimum atomic E-state index is -0.120. The first-order valence-corrected chi connectivity index (χ1v) is 12.4. The maximum Gasteiger partial charge on any atom is 0.258 e. The molecule has 1 fully saturated rings. The average Bonchev–Trinajstić information content (AvgIpc) is 3.25. The van der Waals surface area contributed by atoms with Gasteiger partial charge in [-0.1, -0.05) is 72.1 Å². The van der Waals surface area contributed by atoms with E-state index in [0.29, 0.717) is 20.8 Å². The van der Waals surface area contributed by atoms with Crippen molar-refractivity contribution in [1.82, 2.24) is 9.55 Å². The van der Waals surface area contributed by atoms with E-state index < -0.39 is 0 Å². The van der Waals surface area contributed by atoms with Gasteiger partial charge in [-0.2, -0.15) is 0 Å². The van der Waals surface area contributed by atoms with E-state index in [-0.39, 0.29) is 22.5 Å². The van der Waals surface area contributed by atoms with Crippen LogP contribution in [0.5, 0.6) is 0 Å². The van der Waals surface area contributed by atoms with E-state index in [4.69, 9.17) is 28.2 Å². The van der Waals surface area contributed by atoms with Gasteiger partial charge >= 0.3 is 0 Å². The number of halogens is 2. The van der Waals surface area contributed by atoms with E-state index >= 15 is 0 Å². The van der Waals surface area contributed by atoms with Crippen molar-refractivity contribution in [3.8, 4) is 11.3 Å². The van der Waals surface area contributed by atoms with Crippen molar-refractivity contribution < 1.29 is 4.79 Å². The van der Waals surface area contributed by atoms with Crippen LogP contribution in [0, 0.1) is 0 Å². The van der Waals surface area contributed by atoms with Gasteiger partial charge in [0.15, 0.2) is 10.9 Å². The van der Waals surface area contributed by atoms with Crippen LogP contribution in [0.4, 0.5) is 0 Å². The second-order valence-electron chi connectivity index (χ2n) is 8.64. The van der Waals surface area contributed by atoms with Gasteiger partial charge in [-0.15, -0.1) is 0 Å². The third kappa shape index (κ3) is 3.60. The lowest BCUT2D eigenvalue weighted by Gasteiger charge is -2.36. The molecule has 32 heavy (non-hydrogen) atoms. The number of carbonyl (C=O) groups is 1. The lowest BCUT2D eigenvalue weighted by atomic mass is 9.68. The van der Waals surface area contributed by atoms with Crippen molar-refractivity contribution in [3.63, 3.8) is 0 Å². The molecule has 3 aromatic rings. The Morgan fingerprint density at radius 2 is 1.88 bits per heavy atom. The van der Waals surface area contributed by atoms with Crippen LogP contribution >= 0.6 is 35.0 Å². The molecule has 0 unspecified atom stereocenters. The van der Waals surface area contributed by atoms with Gasteiger partial charge in [-0.25, -0.2) is 4.98 Å². The summed E-state index contributed by atoms with van der Waals surface area (Å²) in [4.78, 5) is 31.3. The number of aromatic nitrogens is 2. The molecule has 2 aliphatic carbocycles. The number of hydrogen-bond donors (Lipinski definition) is 0. The largest absolute Gasteiger partial charge is 0.293 e. The Kier molecular flexibility index (Phi) is 5.68. The van der Waals surface area contributed by atoms with Crippen LogP contribution < -0.4 is 5.56 Å². The molecule has 1 saturated carbocycles. The highest BCUT2D eigenvalue weighted by Crippen LogP contribution is 2.49. The van der Waals surface area contributed by atoms with E-state index in [9.17, 15) is 9.59 Å². The summed E-state index contributed by atoms with van der Waals surface area (Å²) in [7, 11) is 1.75. The summed E-state index contributed by atoms with van der Waals surface area (Å²) < 4.78 is 1.61. The molecule has 7 heteroatoms. The summed E-state index contributed by atoms with van der Waals surface area (Å²) in [5.74, 6) is 0.0669. The van der Waals surface area contributed by atoms with Gasteiger partial charge in [0.05, 0.1) is 27.1 Å². The van der Waals surface area contributed by atoms with Gasteiger partial charge in [0.1, 0.15) is 0 Å². The van der Waals surface area contributed by atoms with E-state index in [1.807, 2.05) is 6.07 Å². The first-order chi connectivity index (χ1) is 15.4. The Hall–Kier alpha value is -2.08. The fourth-order valence-electron chi connectivity index (χ4n) is 5.10. The zero-order chi connectivity index (χ0) is 22.5. The highest BCUT2D eigenvalue weighted by Gasteiger charge is 2.44. The molecule has 5 rings (SSSR count). The Morgan fingerprint density at radius 3 is 2.62 bits per heavy atom. The fourth-order valence-corrected chi connectivity index (χ4v) is 6.26. The SMILES string of the molecule is Cn1c(SCC(=O)c2ccc(Cl)c(Cl)c2)nc2c(c1=O)C1(CCCC1)Cc1ccccc1-2. The molecule has 0 radical (unpaired) electrons. The second-order valence-corrected chi connectivity index (χ2v) is 10.4. The quantitative estimate of drug-likeness (QED) is 0.255. The van der Waals surface area contributed by atoms with E-state index in [2.05, 4.69) is 18.2 Å². The summed E-state index contributed by atoms with van der Waals surface area (Å²) in [5.41, 5.74) is 4.32. The molecule has 0 saturated heterocycles. The fraction of sp³-hybridized carbons (Fsp3) is 0.320. The van der Waals surface area contributed by atoms with Crippen molar-refractivity contribution in [3.05, 3.63) is 79.6 Å². The minimum Gasteiger partial charge on any atom is -0.293 e. The predicted octanol–water partition coefficient (Wildman–Crippen LogP) is 6.10. The molecule has 0 amide bonds. The zero-order valence-corrected chi connectivity index (χ0v) is 20.0. The third-order valence-corrected chi connectivity index (χ3v) is 8.48. The van der Waals surface area contributed by atoms with E-state index in [1.165, 1.54) is 17.3 Å². The highest BCUT2D eigenvalue weighted by molar-refractivity contribution is 7.99. The molecule has 4 nitrogen and oxygen atoms in total. The number of rotatable bonds is 4. The van der Waals surface area contributed by atoms with E-state index in [0.717, 1.165) is 48.9 Å². The topological polar surface area (TPSA) is 52.0 Å². The highest BCUT2D eigenvalue weighted by atomic mass is 35.5.